The van der Waals surface area contributed by atoms with Crippen LogP contribution in [0.3, 0.4) is 0 Å². The molecule has 2 amide bonds. The van der Waals surface area contributed by atoms with Crippen LogP contribution >= 0.6 is 0 Å². The number of ether oxygens (including phenoxy) is 2. The molecule has 0 aliphatic carbocycles. The Morgan fingerprint density at radius 3 is 2.88 bits per heavy atom. The lowest BCUT2D eigenvalue weighted by molar-refractivity contribution is -0.127. The van der Waals surface area contributed by atoms with Gasteiger partial charge in [-0.2, -0.15) is 0 Å². The van der Waals surface area contributed by atoms with Gasteiger partial charge in [-0.25, -0.2) is 0 Å². The van der Waals surface area contributed by atoms with Crippen LogP contribution in [-0.2, 0) is 4.79 Å². The molecule has 130 valence electrons. The van der Waals surface area contributed by atoms with E-state index in [0.717, 1.165) is 13.0 Å². The van der Waals surface area contributed by atoms with Crippen molar-refractivity contribution in [1.82, 2.24) is 10.2 Å². The number of rotatable bonds is 8. The summed E-state index contributed by atoms with van der Waals surface area (Å²) in [5, 5.41) is 2.91. The first-order valence-corrected chi connectivity index (χ1v) is 8.05. The van der Waals surface area contributed by atoms with Crippen LogP contribution in [-0.4, -0.2) is 49.6 Å². The average molecular weight is 332 g/mol. The lowest BCUT2D eigenvalue weighted by atomic mass is 10.1. The monoisotopic (exact) mass is 332 g/mol. The smallest absolute Gasteiger partial charge is 0.251 e. The molecule has 0 radical (unpaired) electrons. The third kappa shape index (κ3) is 4.50. The number of nitrogens with zero attached hydrogens (tertiary/aromatic N) is 1. The van der Waals surface area contributed by atoms with Gasteiger partial charge < -0.3 is 19.7 Å². The highest BCUT2D eigenvalue weighted by atomic mass is 16.5. The van der Waals surface area contributed by atoms with Crippen molar-refractivity contribution in [1.29, 1.82) is 0 Å². The van der Waals surface area contributed by atoms with E-state index < -0.39 is 0 Å². The normalized spacial score (nSPS) is 15.1. The summed E-state index contributed by atoms with van der Waals surface area (Å²) in [5.41, 5.74) is 0.484. The Bertz CT molecular complexity index is 615. The van der Waals surface area contributed by atoms with E-state index in [9.17, 15) is 9.59 Å². The van der Waals surface area contributed by atoms with Gasteiger partial charge in [0.15, 0.2) is 11.5 Å². The molecule has 1 aromatic rings. The summed E-state index contributed by atoms with van der Waals surface area (Å²) in [4.78, 5) is 25.8. The molecule has 24 heavy (non-hydrogen) atoms. The Morgan fingerprint density at radius 2 is 2.25 bits per heavy atom. The van der Waals surface area contributed by atoms with Crippen molar-refractivity contribution < 1.29 is 19.1 Å². The molecule has 1 unspecified atom stereocenters. The Hall–Kier alpha value is -2.50. The summed E-state index contributed by atoms with van der Waals surface area (Å²) >= 11 is 0. The summed E-state index contributed by atoms with van der Waals surface area (Å²) in [5.74, 6) is 1.00. The zero-order valence-corrected chi connectivity index (χ0v) is 14.2. The van der Waals surface area contributed by atoms with Crippen molar-refractivity contribution in [2.75, 3.05) is 26.8 Å². The van der Waals surface area contributed by atoms with E-state index in [1.54, 1.807) is 29.2 Å². The number of carbonyl (C=O) groups is 2. The van der Waals surface area contributed by atoms with Gasteiger partial charge in [0, 0.05) is 31.1 Å². The third-order valence-electron chi connectivity index (χ3n) is 3.83. The molecule has 0 spiro atoms. The fourth-order valence-electron chi connectivity index (χ4n) is 2.66. The highest BCUT2D eigenvalue weighted by molar-refractivity contribution is 5.95. The van der Waals surface area contributed by atoms with Gasteiger partial charge in [-0.05, 0) is 31.5 Å². The van der Waals surface area contributed by atoms with Crippen molar-refractivity contribution in [3.8, 4) is 11.5 Å². The molecule has 1 N–H and O–H groups in total. The maximum Gasteiger partial charge on any atom is 0.251 e. The first-order chi connectivity index (χ1) is 11.5. The van der Waals surface area contributed by atoms with Gasteiger partial charge in [0.25, 0.3) is 5.91 Å². The van der Waals surface area contributed by atoms with E-state index in [1.165, 1.54) is 7.11 Å². The van der Waals surface area contributed by atoms with E-state index in [0.29, 0.717) is 36.6 Å². The summed E-state index contributed by atoms with van der Waals surface area (Å²) in [6.45, 7) is 7.15. The van der Waals surface area contributed by atoms with E-state index in [-0.39, 0.29) is 17.9 Å². The van der Waals surface area contributed by atoms with E-state index in [2.05, 4.69) is 11.9 Å². The molecular weight excluding hydrogens is 308 g/mol. The molecule has 0 bridgehead atoms. The number of hydrogen-bond donors (Lipinski definition) is 1. The third-order valence-corrected chi connectivity index (χ3v) is 3.83. The number of nitrogens with one attached hydrogen (secondary N) is 1. The molecule has 1 aromatic carbocycles. The Morgan fingerprint density at radius 1 is 1.46 bits per heavy atom. The molecule has 0 saturated carbocycles. The van der Waals surface area contributed by atoms with Gasteiger partial charge in [-0.15, -0.1) is 0 Å². The Labute approximate surface area is 142 Å². The molecule has 1 aliphatic heterocycles. The van der Waals surface area contributed by atoms with Crippen LogP contribution in [0.25, 0.3) is 0 Å². The Kier molecular flexibility index (Phi) is 6.23. The van der Waals surface area contributed by atoms with Crippen molar-refractivity contribution in [2.45, 2.75) is 25.8 Å². The van der Waals surface area contributed by atoms with Gasteiger partial charge in [0.05, 0.1) is 7.11 Å². The first-order valence-electron chi connectivity index (χ1n) is 8.05. The number of likely N-dealkylation sites (tertiary alicyclic amines) is 1. The summed E-state index contributed by atoms with van der Waals surface area (Å²) < 4.78 is 10.7. The first kappa shape index (κ1) is 17.8. The van der Waals surface area contributed by atoms with Gasteiger partial charge in [0.2, 0.25) is 5.91 Å². The quantitative estimate of drug-likeness (QED) is 0.740. The van der Waals surface area contributed by atoms with Crippen molar-refractivity contribution in [2.24, 2.45) is 0 Å². The van der Waals surface area contributed by atoms with Crippen LogP contribution in [0.15, 0.2) is 30.9 Å². The molecule has 1 saturated heterocycles. The lowest BCUT2D eigenvalue weighted by Crippen LogP contribution is -2.42. The molecular formula is C18H24N2O4. The molecule has 1 aliphatic rings. The standard InChI is InChI=1S/C18H24N2O4/c1-4-10-24-15-8-7-14(11-16(15)23-3)18(22)19-13(2)12-20-9-5-6-17(20)21/h4,7-8,11,13H,1,5-6,9-10,12H2,2-3H3,(H,19,22). The highest BCUT2D eigenvalue weighted by Gasteiger charge is 2.22. The van der Waals surface area contributed by atoms with E-state index >= 15 is 0 Å². The second-order valence-electron chi connectivity index (χ2n) is 5.78. The number of carbonyl (C=O) groups excluding carboxylic acids is 2. The lowest BCUT2D eigenvalue weighted by Gasteiger charge is -2.21. The van der Waals surface area contributed by atoms with Gasteiger partial charge in [0.1, 0.15) is 6.61 Å². The summed E-state index contributed by atoms with van der Waals surface area (Å²) in [6.07, 6.45) is 3.13. The average Bonchev–Trinajstić information content (AvgIpc) is 2.97. The van der Waals surface area contributed by atoms with Crippen molar-refractivity contribution >= 4 is 11.8 Å². The molecule has 1 fully saturated rings. The molecule has 6 heteroatoms. The van der Waals surface area contributed by atoms with Gasteiger partial charge in [-0.3, -0.25) is 9.59 Å². The second-order valence-corrected chi connectivity index (χ2v) is 5.78. The predicted octanol–water partition coefficient (Wildman–Crippen LogP) is 2.00. The summed E-state index contributed by atoms with van der Waals surface area (Å²) in [6, 6.07) is 4.90. The van der Waals surface area contributed by atoms with Crippen LogP contribution in [0, 0.1) is 0 Å². The zero-order chi connectivity index (χ0) is 17.5. The predicted molar refractivity (Wildman–Crippen MR) is 91.4 cm³/mol. The maximum atomic E-state index is 12.4. The molecule has 0 aromatic heterocycles. The molecule has 2 rings (SSSR count). The topological polar surface area (TPSA) is 67.9 Å². The zero-order valence-electron chi connectivity index (χ0n) is 14.2. The molecule has 1 atom stereocenters. The minimum atomic E-state index is -0.206. The number of hydrogen-bond acceptors (Lipinski definition) is 4. The van der Waals surface area contributed by atoms with Gasteiger partial charge in [-0.1, -0.05) is 12.7 Å². The fourth-order valence-corrected chi connectivity index (χ4v) is 2.66. The largest absolute Gasteiger partial charge is 0.493 e. The van der Waals surface area contributed by atoms with Crippen LogP contribution in [0.4, 0.5) is 0 Å². The number of methoxy groups -OCH3 is 1. The van der Waals surface area contributed by atoms with Gasteiger partial charge >= 0.3 is 0 Å². The van der Waals surface area contributed by atoms with E-state index in [4.69, 9.17) is 9.47 Å². The molecule has 6 nitrogen and oxygen atoms in total. The van der Waals surface area contributed by atoms with Crippen LogP contribution in [0.1, 0.15) is 30.1 Å². The fraction of sp³-hybridized carbons (Fsp3) is 0.444. The van der Waals surface area contributed by atoms with Crippen molar-refractivity contribution in [3.05, 3.63) is 36.4 Å². The number of amides is 2. The van der Waals surface area contributed by atoms with Crippen molar-refractivity contribution in [3.63, 3.8) is 0 Å². The molecule has 1 heterocycles. The Balaban J connectivity index is 1.98. The van der Waals surface area contributed by atoms with Crippen LogP contribution in [0.2, 0.25) is 0 Å². The summed E-state index contributed by atoms with van der Waals surface area (Å²) in [7, 11) is 1.53. The van der Waals surface area contributed by atoms with E-state index in [1.807, 2.05) is 6.92 Å². The minimum Gasteiger partial charge on any atom is -0.493 e. The highest BCUT2D eigenvalue weighted by Crippen LogP contribution is 2.28. The SMILES string of the molecule is C=CCOc1ccc(C(=O)NC(C)CN2CCCC2=O)cc1OC. The van der Waals surface area contributed by atoms with Crippen LogP contribution in [0.5, 0.6) is 11.5 Å². The number of benzene rings is 1. The second kappa shape index (κ2) is 8.38. The minimum absolute atomic E-state index is 0.123. The van der Waals surface area contributed by atoms with Crippen LogP contribution < -0.4 is 14.8 Å². The maximum absolute atomic E-state index is 12.4.